The van der Waals surface area contributed by atoms with Gasteiger partial charge in [-0.15, -0.1) is 0 Å². The van der Waals surface area contributed by atoms with E-state index in [2.05, 4.69) is 31.9 Å². The lowest BCUT2D eigenvalue weighted by Crippen LogP contribution is -2.19. The number of benzene rings is 2. The molecule has 4 aromatic heterocycles. The smallest absolute Gasteiger partial charge is 0.181 e. The van der Waals surface area contributed by atoms with Gasteiger partial charge in [-0.3, -0.25) is 9.36 Å². The van der Waals surface area contributed by atoms with Gasteiger partial charge in [-0.1, -0.05) is 56.3 Å². The van der Waals surface area contributed by atoms with Crippen LogP contribution in [0.2, 0.25) is 0 Å². The van der Waals surface area contributed by atoms with Crippen molar-refractivity contribution in [1.29, 1.82) is 0 Å². The highest BCUT2D eigenvalue weighted by molar-refractivity contribution is 5.94. The Morgan fingerprint density at radius 1 is 0.857 bits per heavy atom. The van der Waals surface area contributed by atoms with Crippen molar-refractivity contribution < 1.29 is 15.3 Å². The van der Waals surface area contributed by atoms with E-state index in [1.165, 1.54) is 0 Å². The van der Waals surface area contributed by atoms with Crippen LogP contribution in [0.15, 0.2) is 67.0 Å². The number of fused-ring (bicyclic) bond motifs is 2. The molecule has 0 amide bonds. The maximum absolute atomic E-state index is 10.8. The molecule has 2 aromatic carbocycles. The zero-order valence-electron chi connectivity index (χ0n) is 24.2. The predicted molar refractivity (Wildman–Crippen MR) is 161 cm³/mol. The van der Waals surface area contributed by atoms with Gasteiger partial charge in [0.2, 0.25) is 0 Å². The number of rotatable bonds is 9. The molecule has 0 spiro atoms. The number of aliphatic hydroxyl groups excluding tert-OH is 3. The second-order valence-electron chi connectivity index (χ2n) is 11.1. The molecule has 6 aromatic rings. The van der Waals surface area contributed by atoms with E-state index >= 15 is 0 Å². The minimum atomic E-state index is -0.891. The molecule has 0 aliphatic carbocycles. The Hall–Kier alpha value is -4.38. The van der Waals surface area contributed by atoms with E-state index in [4.69, 9.17) is 15.2 Å². The first kappa shape index (κ1) is 27.8. The molecule has 0 aliphatic rings. The third-order valence-corrected chi connectivity index (χ3v) is 7.68. The summed E-state index contributed by atoms with van der Waals surface area (Å²) in [5.41, 5.74) is 7.93. The molecule has 10 nitrogen and oxygen atoms in total. The molecule has 1 unspecified atom stereocenters. The average molecular weight is 566 g/mol. The molecular formula is C32H35N7O3. The van der Waals surface area contributed by atoms with E-state index in [-0.39, 0.29) is 19.1 Å². The highest BCUT2D eigenvalue weighted by Crippen LogP contribution is 2.37. The van der Waals surface area contributed by atoms with Crippen LogP contribution < -0.4 is 0 Å². The summed E-state index contributed by atoms with van der Waals surface area (Å²) < 4.78 is 5.36. The minimum Gasteiger partial charge on any atom is -0.394 e. The standard InChI is InChI=1S/C32H35N7O3/c1-19(2)30-21(4)39(28-13-23-14-37(15-24(41)18-40)36-32(23)33-20(28)3)35-31(30)25-11-8-12-27-26(25)16-38(34-27)17-29(42)22-9-6-5-7-10-22/h5-14,16,19,24,29,40-42H,15,17-18H2,1-4H3/t24?,29-/m0/s1. The Labute approximate surface area is 243 Å². The van der Waals surface area contributed by atoms with Crippen LogP contribution in [-0.2, 0) is 13.1 Å². The number of aliphatic hydroxyl groups is 3. The van der Waals surface area contributed by atoms with Crippen molar-refractivity contribution in [2.75, 3.05) is 6.61 Å². The molecule has 0 bridgehead atoms. The van der Waals surface area contributed by atoms with Crippen LogP contribution >= 0.6 is 0 Å². The number of aromatic nitrogens is 7. The summed E-state index contributed by atoms with van der Waals surface area (Å²) in [5.74, 6) is 0.207. The summed E-state index contributed by atoms with van der Waals surface area (Å²) in [6, 6.07) is 17.7. The average Bonchev–Trinajstić information content (AvgIpc) is 3.66. The van der Waals surface area contributed by atoms with E-state index in [1.54, 1.807) is 9.36 Å². The number of nitrogens with zero attached hydrogens (tertiary/aromatic N) is 7. The fourth-order valence-electron chi connectivity index (χ4n) is 5.65. The SMILES string of the molecule is Cc1nc2nn(CC(O)CO)cc2cc1-n1nc(-c2cccc3nn(C[C@H](O)c4ccccc4)cc23)c(C(C)C)c1C. The van der Waals surface area contributed by atoms with Gasteiger partial charge < -0.3 is 15.3 Å². The predicted octanol–water partition coefficient (Wildman–Crippen LogP) is 4.46. The van der Waals surface area contributed by atoms with Crippen molar-refractivity contribution in [1.82, 2.24) is 34.3 Å². The second kappa shape index (κ2) is 11.1. The highest BCUT2D eigenvalue weighted by Gasteiger charge is 2.23. The molecule has 0 aliphatic heterocycles. The van der Waals surface area contributed by atoms with Crippen LogP contribution in [0, 0.1) is 13.8 Å². The molecule has 0 radical (unpaired) electrons. The maximum atomic E-state index is 10.8. The Balaban J connectivity index is 1.42. The maximum Gasteiger partial charge on any atom is 0.181 e. The molecule has 0 fully saturated rings. The van der Waals surface area contributed by atoms with Crippen molar-refractivity contribution in [3.05, 3.63) is 89.5 Å². The fourth-order valence-corrected chi connectivity index (χ4v) is 5.65. The van der Waals surface area contributed by atoms with Crippen LogP contribution in [0.3, 0.4) is 0 Å². The van der Waals surface area contributed by atoms with Crippen LogP contribution in [0.4, 0.5) is 0 Å². The van der Waals surface area contributed by atoms with Gasteiger partial charge in [0.05, 0.1) is 54.5 Å². The van der Waals surface area contributed by atoms with Gasteiger partial charge >= 0.3 is 0 Å². The van der Waals surface area contributed by atoms with Gasteiger partial charge in [0.1, 0.15) is 0 Å². The van der Waals surface area contributed by atoms with E-state index in [0.29, 0.717) is 12.2 Å². The Morgan fingerprint density at radius 3 is 2.36 bits per heavy atom. The third-order valence-electron chi connectivity index (χ3n) is 7.68. The molecule has 42 heavy (non-hydrogen) atoms. The highest BCUT2D eigenvalue weighted by atomic mass is 16.3. The topological polar surface area (TPSA) is 127 Å². The lowest BCUT2D eigenvalue weighted by atomic mass is 9.95. The van der Waals surface area contributed by atoms with Crippen molar-refractivity contribution in [2.45, 2.75) is 58.9 Å². The van der Waals surface area contributed by atoms with Crippen molar-refractivity contribution in [3.63, 3.8) is 0 Å². The Bertz CT molecular complexity index is 1870. The monoisotopic (exact) mass is 565 g/mol. The van der Waals surface area contributed by atoms with Crippen LogP contribution in [0.25, 0.3) is 38.9 Å². The largest absolute Gasteiger partial charge is 0.394 e. The quantitative estimate of drug-likeness (QED) is 0.236. The van der Waals surface area contributed by atoms with E-state index in [0.717, 1.165) is 55.7 Å². The second-order valence-corrected chi connectivity index (χ2v) is 11.1. The number of aryl methyl sites for hydroxylation is 1. The minimum absolute atomic E-state index is 0.184. The van der Waals surface area contributed by atoms with Gasteiger partial charge in [-0.2, -0.15) is 15.3 Å². The van der Waals surface area contributed by atoms with Gasteiger partial charge in [-0.25, -0.2) is 9.67 Å². The Morgan fingerprint density at radius 2 is 1.62 bits per heavy atom. The molecule has 4 heterocycles. The number of hydrogen-bond donors (Lipinski definition) is 3. The molecule has 3 N–H and O–H groups in total. The number of pyridine rings is 1. The van der Waals surface area contributed by atoms with E-state index in [9.17, 15) is 15.3 Å². The molecule has 0 saturated carbocycles. The third kappa shape index (κ3) is 5.09. The molecule has 0 saturated heterocycles. The summed E-state index contributed by atoms with van der Waals surface area (Å²) in [5, 5.41) is 46.1. The molecule has 216 valence electrons. The fraction of sp³-hybridized carbons (Fsp3) is 0.312. The summed E-state index contributed by atoms with van der Waals surface area (Å²) in [6.45, 7) is 8.55. The first-order valence-electron chi connectivity index (χ1n) is 14.2. The summed E-state index contributed by atoms with van der Waals surface area (Å²) in [4.78, 5) is 4.74. The summed E-state index contributed by atoms with van der Waals surface area (Å²) in [6.07, 6.45) is 2.26. The molecule has 6 rings (SSSR count). The van der Waals surface area contributed by atoms with Gasteiger partial charge in [0.25, 0.3) is 0 Å². The Kier molecular flexibility index (Phi) is 7.36. The molecule has 10 heteroatoms. The van der Waals surface area contributed by atoms with Crippen LogP contribution in [0.5, 0.6) is 0 Å². The lowest BCUT2D eigenvalue weighted by Gasteiger charge is -2.10. The van der Waals surface area contributed by atoms with Crippen molar-refractivity contribution >= 4 is 21.9 Å². The first-order chi connectivity index (χ1) is 20.2. The van der Waals surface area contributed by atoms with Gasteiger partial charge in [0, 0.05) is 40.0 Å². The zero-order chi connectivity index (χ0) is 29.5. The summed E-state index contributed by atoms with van der Waals surface area (Å²) in [7, 11) is 0. The van der Waals surface area contributed by atoms with Crippen molar-refractivity contribution in [2.24, 2.45) is 0 Å². The normalized spacial score (nSPS) is 13.4. The van der Waals surface area contributed by atoms with Gasteiger partial charge in [-0.05, 0) is 37.5 Å². The number of hydrogen-bond acceptors (Lipinski definition) is 7. The van der Waals surface area contributed by atoms with E-state index < -0.39 is 12.2 Å². The van der Waals surface area contributed by atoms with Crippen LogP contribution in [-0.4, -0.2) is 62.4 Å². The van der Waals surface area contributed by atoms with E-state index in [1.807, 2.05) is 72.5 Å². The van der Waals surface area contributed by atoms with Crippen LogP contribution in [0.1, 0.15) is 48.4 Å². The molecule has 2 atom stereocenters. The van der Waals surface area contributed by atoms with Gasteiger partial charge in [0.15, 0.2) is 5.65 Å². The zero-order valence-corrected chi connectivity index (χ0v) is 24.2. The lowest BCUT2D eigenvalue weighted by molar-refractivity contribution is 0.0784. The molecular weight excluding hydrogens is 530 g/mol. The van der Waals surface area contributed by atoms with Crippen molar-refractivity contribution in [3.8, 4) is 16.9 Å². The first-order valence-corrected chi connectivity index (χ1v) is 14.2. The summed E-state index contributed by atoms with van der Waals surface area (Å²) >= 11 is 0.